The van der Waals surface area contributed by atoms with E-state index in [1.807, 2.05) is 0 Å². The van der Waals surface area contributed by atoms with E-state index in [1.54, 1.807) is 0 Å². The van der Waals surface area contributed by atoms with Gasteiger partial charge in [-0.1, -0.05) is 43.7 Å². The molecule has 1 rings (SSSR count). The highest BCUT2D eigenvalue weighted by Gasteiger charge is 2.13. The molecule has 1 aromatic rings. The first kappa shape index (κ1) is 14.7. The zero-order valence-electron chi connectivity index (χ0n) is 11.6. The lowest BCUT2D eigenvalue weighted by atomic mass is 10.0. The van der Waals surface area contributed by atoms with Gasteiger partial charge in [0.2, 0.25) is 5.91 Å². The molecule has 0 saturated carbocycles. The van der Waals surface area contributed by atoms with E-state index in [9.17, 15) is 4.79 Å². The molecule has 0 aliphatic carbocycles. The highest BCUT2D eigenvalue weighted by molar-refractivity contribution is 5.76. The van der Waals surface area contributed by atoms with E-state index in [-0.39, 0.29) is 11.9 Å². The number of carbonyl (C=O) groups excluding carboxylic acids is 1. The first-order valence-electron chi connectivity index (χ1n) is 6.58. The molecule has 0 spiro atoms. The number of rotatable bonds is 6. The van der Waals surface area contributed by atoms with Crippen LogP contribution in [0.25, 0.3) is 0 Å². The number of hydrogen-bond acceptors (Lipinski definition) is 2. The molecule has 0 aliphatic rings. The minimum atomic E-state index is 0.0792. The Balaban J connectivity index is 2.39. The number of amides is 1. The van der Waals surface area contributed by atoms with E-state index in [0.29, 0.717) is 18.9 Å². The Bertz CT molecular complexity index is 371. The molecule has 1 aromatic carbocycles. The second-order valence-electron chi connectivity index (χ2n) is 5.14. The summed E-state index contributed by atoms with van der Waals surface area (Å²) >= 11 is 0. The molecule has 0 heterocycles. The molecule has 0 saturated heterocycles. The molecule has 1 unspecified atom stereocenters. The fourth-order valence-corrected chi connectivity index (χ4v) is 1.79. The SMILES string of the molecule is Cc1ccc(CCC(=O)NC(CN)C(C)C)cc1. The standard InChI is InChI=1S/C15H24N2O/c1-11(2)14(10-16)17-15(18)9-8-13-6-4-12(3)5-7-13/h4-7,11,14H,8-10,16H2,1-3H3,(H,17,18). The van der Waals surface area contributed by atoms with Crippen LogP contribution >= 0.6 is 0 Å². The normalized spacial score (nSPS) is 12.5. The van der Waals surface area contributed by atoms with E-state index in [4.69, 9.17) is 5.73 Å². The molecule has 0 fully saturated rings. The zero-order valence-corrected chi connectivity index (χ0v) is 11.6. The van der Waals surface area contributed by atoms with E-state index in [0.717, 1.165) is 6.42 Å². The lowest BCUT2D eigenvalue weighted by Gasteiger charge is -2.20. The molecule has 18 heavy (non-hydrogen) atoms. The van der Waals surface area contributed by atoms with Gasteiger partial charge in [-0.05, 0) is 24.8 Å². The smallest absolute Gasteiger partial charge is 0.220 e. The Morgan fingerprint density at radius 1 is 1.28 bits per heavy atom. The van der Waals surface area contributed by atoms with Crippen molar-refractivity contribution >= 4 is 5.91 Å². The van der Waals surface area contributed by atoms with Gasteiger partial charge < -0.3 is 11.1 Å². The summed E-state index contributed by atoms with van der Waals surface area (Å²) in [6.07, 6.45) is 1.30. The van der Waals surface area contributed by atoms with Crippen molar-refractivity contribution in [3.8, 4) is 0 Å². The number of nitrogens with one attached hydrogen (secondary N) is 1. The summed E-state index contributed by atoms with van der Waals surface area (Å²) in [6.45, 7) is 6.69. The summed E-state index contributed by atoms with van der Waals surface area (Å²) in [5, 5.41) is 2.98. The Morgan fingerprint density at radius 2 is 1.89 bits per heavy atom. The van der Waals surface area contributed by atoms with Crippen molar-refractivity contribution < 1.29 is 4.79 Å². The molecule has 100 valence electrons. The van der Waals surface area contributed by atoms with Crippen molar-refractivity contribution in [2.75, 3.05) is 6.54 Å². The van der Waals surface area contributed by atoms with Crippen molar-refractivity contribution in [1.29, 1.82) is 0 Å². The van der Waals surface area contributed by atoms with E-state index < -0.39 is 0 Å². The van der Waals surface area contributed by atoms with Gasteiger partial charge in [0, 0.05) is 19.0 Å². The molecule has 0 bridgehead atoms. The Hall–Kier alpha value is -1.35. The molecule has 1 amide bonds. The summed E-state index contributed by atoms with van der Waals surface area (Å²) < 4.78 is 0. The summed E-state index contributed by atoms with van der Waals surface area (Å²) in [5.41, 5.74) is 8.07. The van der Waals surface area contributed by atoms with Crippen LogP contribution in [-0.4, -0.2) is 18.5 Å². The number of nitrogens with two attached hydrogens (primary N) is 1. The molecular weight excluding hydrogens is 224 g/mol. The predicted octanol–water partition coefficient (Wildman–Crippen LogP) is 2.03. The molecular formula is C15H24N2O. The summed E-state index contributed by atoms with van der Waals surface area (Å²) in [7, 11) is 0. The molecule has 3 N–H and O–H groups in total. The van der Waals surface area contributed by atoms with Gasteiger partial charge in [-0.3, -0.25) is 4.79 Å². The maximum absolute atomic E-state index is 11.8. The van der Waals surface area contributed by atoms with Gasteiger partial charge in [0.1, 0.15) is 0 Å². The quantitative estimate of drug-likeness (QED) is 0.809. The molecule has 1 atom stereocenters. The fourth-order valence-electron chi connectivity index (χ4n) is 1.79. The Labute approximate surface area is 110 Å². The lowest BCUT2D eigenvalue weighted by molar-refractivity contribution is -0.122. The molecule has 0 aliphatic heterocycles. The average molecular weight is 248 g/mol. The van der Waals surface area contributed by atoms with Crippen LogP contribution in [0.5, 0.6) is 0 Å². The molecule has 3 nitrogen and oxygen atoms in total. The number of benzene rings is 1. The highest BCUT2D eigenvalue weighted by Crippen LogP contribution is 2.06. The maximum atomic E-state index is 11.8. The first-order chi connectivity index (χ1) is 8.52. The van der Waals surface area contributed by atoms with Gasteiger partial charge in [-0.25, -0.2) is 0 Å². The number of aryl methyl sites for hydroxylation is 2. The van der Waals surface area contributed by atoms with Crippen LogP contribution in [-0.2, 0) is 11.2 Å². The molecule has 0 radical (unpaired) electrons. The zero-order chi connectivity index (χ0) is 13.5. The molecule has 0 aromatic heterocycles. The maximum Gasteiger partial charge on any atom is 0.220 e. The second-order valence-corrected chi connectivity index (χ2v) is 5.14. The van der Waals surface area contributed by atoms with Crippen molar-refractivity contribution in [2.45, 2.75) is 39.7 Å². The van der Waals surface area contributed by atoms with Crippen molar-refractivity contribution in [1.82, 2.24) is 5.32 Å². The third-order valence-corrected chi connectivity index (χ3v) is 3.17. The summed E-state index contributed by atoms with van der Waals surface area (Å²) in [4.78, 5) is 11.8. The predicted molar refractivity (Wildman–Crippen MR) is 75.3 cm³/mol. The minimum Gasteiger partial charge on any atom is -0.352 e. The summed E-state index contributed by atoms with van der Waals surface area (Å²) in [5.74, 6) is 0.457. The van der Waals surface area contributed by atoms with Gasteiger partial charge in [0.25, 0.3) is 0 Å². The second kappa shape index (κ2) is 7.17. The van der Waals surface area contributed by atoms with Gasteiger partial charge >= 0.3 is 0 Å². The third-order valence-electron chi connectivity index (χ3n) is 3.17. The first-order valence-corrected chi connectivity index (χ1v) is 6.58. The average Bonchev–Trinajstić information content (AvgIpc) is 2.35. The van der Waals surface area contributed by atoms with Crippen LogP contribution in [0.15, 0.2) is 24.3 Å². The third kappa shape index (κ3) is 4.88. The van der Waals surface area contributed by atoms with Crippen LogP contribution in [0.1, 0.15) is 31.4 Å². The Morgan fingerprint density at radius 3 is 2.39 bits per heavy atom. The van der Waals surface area contributed by atoms with Crippen LogP contribution in [0, 0.1) is 12.8 Å². The molecule has 3 heteroatoms. The van der Waals surface area contributed by atoms with E-state index >= 15 is 0 Å². The highest BCUT2D eigenvalue weighted by atomic mass is 16.1. The van der Waals surface area contributed by atoms with Gasteiger partial charge in [0.05, 0.1) is 0 Å². The van der Waals surface area contributed by atoms with Crippen LogP contribution in [0.3, 0.4) is 0 Å². The topological polar surface area (TPSA) is 55.1 Å². The van der Waals surface area contributed by atoms with Gasteiger partial charge in [0.15, 0.2) is 0 Å². The number of carbonyl (C=O) groups is 1. The largest absolute Gasteiger partial charge is 0.352 e. The van der Waals surface area contributed by atoms with Gasteiger partial charge in [-0.2, -0.15) is 0 Å². The lowest BCUT2D eigenvalue weighted by Crippen LogP contribution is -2.43. The minimum absolute atomic E-state index is 0.0792. The van der Waals surface area contributed by atoms with Crippen molar-refractivity contribution in [3.05, 3.63) is 35.4 Å². The van der Waals surface area contributed by atoms with E-state index in [1.165, 1.54) is 11.1 Å². The van der Waals surface area contributed by atoms with Crippen LogP contribution in [0.2, 0.25) is 0 Å². The Kier molecular flexibility index (Phi) is 5.86. The van der Waals surface area contributed by atoms with Crippen LogP contribution < -0.4 is 11.1 Å². The van der Waals surface area contributed by atoms with Crippen LogP contribution in [0.4, 0.5) is 0 Å². The van der Waals surface area contributed by atoms with Gasteiger partial charge in [-0.15, -0.1) is 0 Å². The van der Waals surface area contributed by atoms with Crippen molar-refractivity contribution in [2.24, 2.45) is 11.7 Å². The van der Waals surface area contributed by atoms with Crippen molar-refractivity contribution in [3.63, 3.8) is 0 Å². The summed E-state index contributed by atoms with van der Waals surface area (Å²) in [6, 6.07) is 8.38. The number of hydrogen-bond donors (Lipinski definition) is 2. The fraction of sp³-hybridized carbons (Fsp3) is 0.533. The monoisotopic (exact) mass is 248 g/mol. The van der Waals surface area contributed by atoms with E-state index in [2.05, 4.69) is 50.4 Å².